The number of esters is 1. The number of benzene rings is 3. The van der Waals surface area contributed by atoms with E-state index in [2.05, 4.69) is 15.1 Å². The second-order valence-electron chi connectivity index (χ2n) is 8.66. The number of ether oxygens (including phenoxy) is 1. The maximum atomic E-state index is 12.9. The maximum absolute atomic E-state index is 12.9. The number of nitrogens with zero attached hydrogens (tertiary/aromatic N) is 2. The van der Waals surface area contributed by atoms with Crippen molar-refractivity contribution >= 4 is 40.5 Å². The molecule has 0 unspecified atom stereocenters. The van der Waals surface area contributed by atoms with Crippen LogP contribution in [0.1, 0.15) is 31.8 Å². The van der Waals surface area contributed by atoms with E-state index in [4.69, 9.17) is 16.3 Å². The van der Waals surface area contributed by atoms with Gasteiger partial charge in [0.25, 0.3) is 5.91 Å². The van der Waals surface area contributed by atoms with Gasteiger partial charge in [-0.3, -0.25) is 4.79 Å². The van der Waals surface area contributed by atoms with E-state index in [-0.39, 0.29) is 11.1 Å². The van der Waals surface area contributed by atoms with E-state index < -0.39 is 23.6 Å². The van der Waals surface area contributed by atoms with Crippen molar-refractivity contribution in [2.24, 2.45) is 0 Å². The number of carbonyl (C=O) groups excluding carboxylic acids is 2. The molecule has 3 aromatic carbocycles. The predicted octanol–water partition coefficient (Wildman–Crippen LogP) is 6.03. The van der Waals surface area contributed by atoms with Gasteiger partial charge in [-0.2, -0.15) is 13.2 Å². The molecule has 1 fully saturated rings. The summed E-state index contributed by atoms with van der Waals surface area (Å²) in [4.78, 5) is 29.4. The molecular formula is C27H25ClF3N3O3. The minimum absolute atomic E-state index is 0.0590. The number of anilines is 3. The monoisotopic (exact) mass is 531 g/mol. The summed E-state index contributed by atoms with van der Waals surface area (Å²) in [6.45, 7) is 4.69. The Morgan fingerprint density at radius 2 is 1.46 bits per heavy atom. The molecule has 6 nitrogen and oxygen atoms in total. The van der Waals surface area contributed by atoms with Gasteiger partial charge in [0.2, 0.25) is 0 Å². The van der Waals surface area contributed by atoms with Gasteiger partial charge >= 0.3 is 12.1 Å². The number of methoxy groups -OCH3 is 1. The molecule has 0 bridgehead atoms. The van der Waals surface area contributed by atoms with Crippen LogP contribution in [0.2, 0.25) is 5.02 Å². The first-order valence-electron chi connectivity index (χ1n) is 11.5. The van der Waals surface area contributed by atoms with Crippen molar-refractivity contribution in [2.75, 3.05) is 48.4 Å². The van der Waals surface area contributed by atoms with Crippen LogP contribution in [-0.4, -0.2) is 45.2 Å². The zero-order chi connectivity index (χ0) is 26.7. The Morgan fingerprint density at radius 3 is 2.05 bits per heavy atom. The van der Waals surface area contributed by atoms with E-state index in [0.717, 1.165) is 35.5 Å². The summed E-state index contributed by atoms with van der Waals surface area (Å²) in [5.74, 6) is -1.16. The molecule has 4 rings (SSSR count). The summed E-state index contributed by atoms with van der Waals surface area (Å²) >= 11 is 6.19. The molecular weight excluding hydrogens is 507 g/mol. The molecule has 37 heavy (non-hydrogen) atoms. The maximum Gasteiger partial charge on any atom is 0.416 e. The average Bonchev–Trinajstić information content (AvgIpc) is 2.89. The Kier molecular flexibility index (Phi) is 7.63. The third kappa shape index (κ3) is 5.99. The molecule has 0 aromatic heterocycles. The largest absolute Gasteiger partial charge is 0.465 e. The van der Waals surface area contributed by atoms with Gasteiger partial charge in [-0.05, 0) is 67.1 Å². The summed E-state index contributed by atoms with van der Waals surface area (Å²) in [6, 6.07) is 14.6. The Balaban J connectivity index is 1.56. The lowest BCUT2D eigenvalue weighted by Gasteiger charge is -2.38. The Bertz CT molecular complexity index is 1300. The fourth-order valence-electron chi connectivity index (χ4n) is 4.27. The van der Waals surface area contributed by atoms with Crippen LogP contribution in [0.4, 0.5) is 30.2 Å². The number of hydrogen-bond acceptors (Lipinski definition) is 5. The normalized spacial score (nSPS) is 13.9. The van der Waals surface area contributed by atoms with Gasteiger partial charge in [-0.25, -0.2) is 4.79 Å². The van der Waals surface area contributed by atoms with Crippen LogP contribution < -0.4 is 15.1 Å². The Morgan fingerprint density at radius 1 is 0.865 bits per heavy atom. The lowest BCUT2D eigenvalue weighted by atomic mass is 10.1. The molecule has 0 atom stereocenters. The number of carbonyl (C=O) groups is 2. The molecule has 3 aromatic rings. The van der Waals surface area contributed by atoms with E-state index in [9.17, 15) is 22.8 Å². The summed E-state index contributed by atoms with van der Waals surface area (Å²) < 4.78 is 43.5. The van der Waals surface area contributed by atoms with Gasteiger partial charge in [-0.15, -0.1) is 0 Å². The first-order chi connectivity index (χ1) is 17.6. The van der Waals surface area contributed by atoms with Crippen LogP contribution in [-0.2, 0) is 10.9 Å². The van der Waals surface area contributed by atoms with Crippen LogP contribution in [0.15, 0.2) is 60.7 Å². The summed E-state index contributed by atoms with van der Waals surface area (Å²) in [5.41, 5.74) is 2.68. The van der Waals surface area contributed by atoms with E-state index in [0.29, 0.717) is 42.6 Å². The SMILES string of the molecule is COC(=O)c1ccc(N2CCN(c3cc(Cl)ccc3C)CC2)c(NC(=O)c2ccc(C(F)(F)F)cc2)c1. The molecule has 1 aliphatic rings. The summed E-state index contributed by atoms with van der Waals surface area (Å²) in [5, 5.41) is 3.42. The molecule has 0 saturated carbocycles. The fraction of sp³-hybridized carbons (Fsp3) is 0.259. The first kappa shape index (κ1) is 26.3. The average molecular weight is 532 g/mol. The molecule has 194 valence electrons. The number of alkyl halides is 3. The number of hydrogen-bond donors (Lipinski definition) is 1. The number of rotatable bonds is 5. The standard InChI is InChI=1S/C27H25ClF3N3O3/c1-17-3-9-21(28)16-24(17)34-13-11-33(12-14-34)23-10-6-19(26(36)37-2)15-22(23)32-25(35)18-4-7-20(8-5-18)27(29,30)31/h3-10,15-16H,11-14H2,1-2H3,(H,32,35). The summed E-state index contributed by atoms with van der Waals surface area (Å²) in [6.07, 6.45) is -4.50. The molecule has 1 saturated heterocycles. The van der Waals surface area contributed by atoms with Crippen LogP contribution >= 0.6 is 11.6 Å². The lowest BCUT2D eigenvalue weighted by molar-refractivity contribution is -0.137. The van der Waals surface area contributed by atoms with Gasteiger partial charge in [0.05, 0.1) is 29.6 Å². The number of halogens is 4. The van der Waals surface area contributed by atoms with Crippen molar-refractivity contribution in [3.63, 3.8) is 0 Å². The van der Waals surface area contributed by atoms with E-state index in [1.54, 1.807) is 12.1 Å². The van der Waals surface area contributed by atoms with Gasteiger partial charge in [0, 0.05) is 42.5 Å². The molecule has 1 aliphatic heterocycles. The fourth-order valence-corrected chi connectivity index (χ4v) is 4.44. The molecule has 0 spiro atoms. The van der Waals surface area contributed by atoms with Crippen molar-refractivity contribution in [2.45, 2.75) is 13.1 Å². The highest BCUT2D eigenvalue weighted by Gasteiger charge is 2.30. The highest BCUT2D eigenvalue weighted by molar-refractivity contribution is 6.30. The number of amides is 1. The molecule has 1 N–H and O–H groups in total. The van der Waals surface area contributed by atoms with Crippen LogP contribution in [0.5, 0.6) is 0 Å². The third-order valence-corrected chi connectivity index (χ3v) is 6.51. The topological polar surface area (TPSA) is 61.9 Å². The molecule has 0 radical (unpaired) electrons. The molecule has 1 heterocycles. The highest BCUT2D eigenvalue weighted by atomic mass is 35.5. The van der Waals surface area contributed by atoms with Crippen LogP contribution in [0.25, 0.3) is 0 Å². The smallest absolute Gasteiger partial charge is 0.416 e. The van der Waals surface area contributed by atoms with E-state index >= 15 is 0 Å². The highest BCUT2D eigenvalue weighted by Crippen LogP contribution is 2.32. The van der Waals surface area contributed by atoms with Crippen molar-refractivity contribution in [1.29, 1.82) is 0 Å². The number of aryl methyl sites for hydroxylation is 1. The van der Waals surface area contributed by atoms with Crippen LogP contribution in [0.3, 0.4) is 0 Å². The second kappa shape index (κ2) is 10.7. The van der Waals surface area contributed by atoms with Gasteiger partial charge in [-0.1, -0.05) is 17.7 Å². The second-order valence-corrected chi connectivity index (χ2v) is 9.09. The van der Waals surface area contributed by atoms with Crippen molar-refractivity contribution in [1.82, 2.24) is 0 Å². The third-order valence-electron chi connectivity index (χ3n) is 6.27. The number of nitrogens with one attached hydrogen (secondary N) is 1. The quantitative estimate of drug-likeness (QED) is 0.407. The van der Waals surface area contributed by atoms with E-state index in [1.807, 2.05) is 25.1 Å². The Labute approximate surface area is 217 Å². The molecule has 10 heteroatoms. The van der Waals surface area contributed by atoms with Crippen molar-refractivity contribution < 1.29 is 27.5 Å². The molecule has 1 amide bonds. The van der Waals surface area contributed by atoms with Crippen LogP contribution in [0, 0.1) is 6.92 Å². The first-order valence-corrected chi connectivity index (χ1v) is 11.9. The zero-order valence-electron chi connectivity index (χ0n) is 20.2. The van der Waals surface area contributed by atoms with Gasteiger partial charge < -0.3 is 19.9 Å². The Hall–Kier alpha value is -3.72. The van der Waals surface area contributed by atoms with Crippen molar-refractivity contribution in [3.05, 3.63) is 87.9 Å². The predicted molar refractivity (Wildman–Crippen MR) is 138 cm³/mol. The minimum Gasteiger partial charge on any atom is -0.465 e. The van der Waals surface area contributed by atoms with Gasteiger partial charge in [0.1, 0.15) is 0 Å². The minimum atomic E-state index is -4.50. The van der Waals surface area contributed by atoms with E-state index in [1.165, 1.54) is 13.2 Å². The number of piperazine rings is 1. The summed E-state index contributed by atoms with van der Waals surface area (Å²) in [7, 11) is 1.26. The lowest BCUT2D eigenvalue weighted by Crippen LogP contribution is -2.47. The molecule has 0 aliphatic carbocycles. The van der Waals surface area contributed by atoms with Gasteiger partial charge in [0.15, 0.2) is 0 Å². The zero-order valence-corrected chi connectivity index (χ0v) is 21.0. The van der Waals surface area contributed by atoms with Crippen molar-refractivity contribution in [3.8, 4) is 0 Å².